The molecule has 0 bridgehead atoms. The predicted molar refractivity (Wildman–Crippen MR) is 78.3 cm³/mol. The summed E-state index contributed by atoms with van der Waals surface area (Å²) in [4.78, 5) is 0. The summed E-state index contributed by atoms with van der Waals surface area (Å²) in [6, 6.07) is 5.60. The van der Waals surface area contributed by atoms with Crippen molar-refractivity contribution in [3.63, 3.8) is 0 Å². The topological polar surface area (TPSA) is 49.7 Å². The standard InChI is InChI=1S/C15H21BrO3/c1-10(17)12-8-7-11(16)9-15(12)19-14-6-4-2-3-5-13(14)18/h7-10,13-14,17-18H,2-6H2,1H3/t10-,13?,14?/m0/s1. The van der Waals surface area contributed by atoms with Crippen LogP contribution in [0.4, 0.5) is 0 Å². The maximum atomic E-state index is 10.1. The first kappa shape index (κ1) is 14.8. The maximum absolute atomic E-state index is 10.1. The fourth-order valence-electron chi connectivity index (χ4n) is 2.51. The van der Waals surface area contributed by atoms with Gasteiger partial charge in [-0.15, -0.1) is 0 Å². The molecule has 0 radical (unpaired) electrons. The quantitative estimate of drug-likeness (QED) is 0.834. The highest BCUT2D eigenvalue weighted by atomic mass is 79.9. The Morgan fingerprint density at radius 2 is 2.00 bits per heavy atom. The number of rotatable bonds is 3. The average molecular weight is 329 g/mol. The molecule has 1 aromatic carbocycles. The highest BCUT2D eigenvalue weighted by Gasteiger charge is 2.24. The molecule has 3 nitrogen and oxygen atoms in total. The monoisotopic (exact) mass is 328 g/mol. The normalized spacial score (nSPS) is 25.7. The van der Waals surface area contributed by atoms with E-state index in [1.165, 1.54) is 0 Å². The molecule has 2 N–H and O–H groups in total. The Hall–Kier alpha value is -0.580. The van der Waals surface area contributed by atoms with E-state index in [-0.39, 0.29) is 6.10 Å². The minimum atomic E-state index is -0.578. The van der Waals surface area contributed by atoms with Crippen molar-refractivity contribution in [2.24, 2.45) is 0 Å². The first-order chi connectivity index (χ1) is 9.08. The van der Waals surface area contributed by atoms with E-state index in [0.717, 1.165) is 42.1 Å². The molecule has 0 aromatic heterocycles. The number of benzene rings is 1. The van der Waals surface area contributed by atoms with Crippen LogP contribution in [0.5, 0.6) is 5.75 Å². The second-order valence-corrected chi connectivity index (χ2v) is 6.14. The van der Waals surface area contributed by atoms with E-state index in [2.05, 4.69) is 15.9 Å². The van der Waals surface area contributed by atoms with Gasteiger partial charge < -0.3 is 14.9 Å². The molecule has 3 atom stereocenters. The van der Waals surface area contributed by atoms with Crippen molar-refractivity contribution in [1.82, 2.24) is 0 Å². The zero-order chi connectivity index (χ0) is 13.8. The number of halogens is 1. The summed E-state index contributed by atoms with van der Waals surface area (Å²) >= 11 is 3.42. The van der Waals surface area contributed by atoms with E-state index < -0.39 is 12.2 Å². The summed E-state index contributed by atoms with van der Waals surface area (Å²) < 4.78 is 6.89. The molecule has 1 aliphatic rings. The minimum absolute atomic E-state index is 0.172. The summed E-state index contributed by atoms with van der Waals surface area (Å²) in [7, 11) is 0. The lowest BCUT2D eigenvalue weighted by Crippen LogP contribution is -2.30. The maximum Gasteiger partial charge on any atom is 0.126 e. The van der Waals surface area contributed by atoms with Crippen molar-refractivity contribution in [3.8, 4) is 5.75 Å². The third kappa shape index (κ3) is 3.94. The Kier molecular flexibility index (Phi) is 5.25. The molecule has 1 aromatic rings. The second-order valence-electron chi connectivity index (χ2n) is 5.22. The van der Waals surface area contributed by atoms with Crippen LogP contribution in [0.15, 0.2) is 22.7 Å². The van der Waals surface area contributed by atoms with E-state index in [1.54, 1.807) is 6.92 Å². The first-order valence-corrected chi connectivity index (χ1v) is 7.69. The van der Waals surface area contributed by atoms with Gasteiger partial charge in [0, 0.05) is 10.0 Å². The number of hydrogen-bond donors (Lipinski definition) is 2. The summed E-state index contributed by atoms with van der Waals surface area (Å²) in [5, 5.41) is 19.9. The van der Waals surface area contributed by atoms with Gasteiger partial charge in [-0.2, -0.15) is 0 Å². The molecule has 0 spiro atoms. The molecule has 0 heterocycles. The van der Waals surface area contributed by atoms with Crippen LogP contribution >= 0.6 is 15.9 Å². The Balaban J connectivity index is 2.18. The fraction of sp³-hybridized carbons (Fsp3) is 0.600. The largest absolute Gasteiger partial charge is 0.487 e. The molecule has 0 saturated heterocycles. The lowest BCUT2D eigenvalue weighted by Gasteiger charge is -2.24. The van der Waals surface area contributed by atoms with Crippen LogP contribution in [0.2, 0.25) is 0 Å². The first-order valence-electron chi connectivity index (χ1n) is 6.90. The zero-order valence-electron chi connectivity index (χ0n) is 11.2. The third-order valence-electron chi connectivity index (χ3n) is 3.62. The number of aliphatic hydroxyl groups is 2. The molecule has 106 valence electrons. The molecular formula is C15H21BrO3. The Labute approximate surface area is 122 Å². The predicted octanol–water partition coefficient (Wildman–Crippen LogP) is 3.57. The molecule has 1 aliphatic carbocycles. The van der Waals surface area contributed by atoms with E-state index in [1.807, 2.05) is 18.2 Å². The van der Waals surface area contributed by atoms with Gasteiger partial charge in [0.25, 0.3) is 0 Å². The third-order valence-corrected chi connectivity index (χ3v) is 4.11. The number of aliphatic hydroxyl groups excluding tert-OH is 2. The lowest BCUT2D eigenvalue weighted by atomic mass is 10.1. The van der Waals surface area contributed by atoms with Gasteiger partial charge in [-0.1, -0.05) is 34.8 Å². The van der Waals surface area contributed by atoms with Gasteiger partial charge in [0.2, 0.25) is 0 Å². The molecule has 0 amide bonds. The van der Waals surface area contributed by atoms with Gasteiger partial charge in [-0.05, 0) is 38.3 Å². The molecule has 4 heteroatoms. The van der Waals surface area contributed by atoms with Gasteiger partial charge in [-0.25, -0.2) is 0 Å². The molecule has 2 unspecified atom stereocenters. The number of ether oxygens (including phenoxy) is 1. The molecule has 1 fully saturated rings. The molecule has 0 aliphatic heterocycles. The van der Waals surface area contributed by atoms with Crippen molar-refractivity contribution >= 4 is 15.9 Å². The zero-order valence-corrected chi connectivity index (χ0v) is 12.8. The number of hydrogen-bond acceptors (Lipinski definition) is 3. The average Bonchev–Trinajstić information content (AvgIpc) is 2.55. The molecular weight excluding hydrogens is 308 g/mol. The molecule has 1 saturated carbocycles. The van der Waals surface area contributed by atoms with Crippen LogP contribution in [-0.2, 0) is 0 Å². The highest BCUT2D eigenvalue weighted by Crippen LogP contribution is 2.31. The highest BCUT2D eigenvalue weighted by molar-refractivity contribution is 9.10. The Morgan fingerprint density at radius 1 is 1.26 bits per heavy atom. The van der Waals surface area contributed by atoms with Gasteiger partial charge in [0.1, 0.15) is 11.9 Å². The fourth-order valence-corrected chi connectivity index (χ4v) is 2.85. The molecule has 19 heavy (non-hydrogen) atoms. The van der Waals surface area contributed by atoms with Gasteiger partial charge in [-0.3, -0.25) is 0 Å². The Bertz CT molecular complexity index is 420. The summed E-state index contributed by atoms with van der Waals surface area (Å²) in [5.74, 6) is 0.662. The Morgan fingerprint density at radius 3 is 2.74 bits per heavy atom. The second kappa shape index (κ2) is 6.73. The van der Waals surface area contributed by atoms with Crippen molar-refractivity contribution in [2.75, 3.05) is 0 Å². The van der Waals surface area contributed by atoms with Crippen LogP contribution in [-0.4, -0.2) is 22.4 Å². The van der Waals surface area contributed by atoms with Crippen LogP contribution in [0.25, 0.3) is 0 Å². The van der Waals surface area contributed by atoms with Crippen LogP contribution in [0, 0.1) is 0 Å². The van der Waals surface area contributed by atoms with E-state index in [4.69, 9.17) is 4.74 Å². The van der Waals surface area contributed by atoms with Crippen LogP contribution in [0.3, 0.4) is 0 Å². The summed E-state index contributed by atoms with van der Waals surface area (Å²) in [5.41, 5.74) is 0.764. The lowest BCUT2D eigenvalue weighted by molar-refractivity contribution is 0.0299. The van der Waals surface area contributed by atoms with E-state index >= 15 is 0 Å². The van der Waals surface area contributed by atoms with Gasteiger partial charge >= 0.3 is 0 Å². The van der Waals surface area contributed by atoms with E-state index in [0.29, 0.717) is 5.75 Å². The van der Waals surface area contributed by atoms with E-state index in [9.17, 15) is 10.2 Å². The van der Waals surface area contributed by atoms with Crippen molar-refractivity contribution in [1.29, 1.82) is 0 Å². The van der Waals surface area contributed by atoms with Crippen LogP contribution < -0.4 is 4.74 Å². The summed E-state index contributed by atoms with van der Waals surface area (Å²) in [6.07, 6.45) is 3.79. The summed E-state index contributed by atoms with van der Waals surface area (Å²) in [6.45, 7) is 1.72. The van der Waals surface area contributed by atoms with Crippen molar-refractivity contribution < 1.29 is 14.9 Å². The van der Waals surface area contributed by atoms with Crippen LogP contribution in [0.1, 0.15) is 50.7 Å². The minimum Gasteiger partial charge on any atom is -0.487 e. The van der Waals surface area contributed by atoms with Gasteiger partial charge in [0.15, 0.2) is 0 Å². The van der Waals surface area contributed by atoms with Crippen molar-refractivity contribution in [3.05, 3.63) is 28.2 Å². The molecule has 2 rings (SSSR count). The van der Waals surface area contributed by atoms with Crippen molar-refractivity contribution in [2.45, 2.75) is 57.3 Å². The van der Waals surface area contributed by atoms with Gasteiger partial charge in [0.05, 0.1) is 12.2 Å². The SMILES string of the molecule is C[C@H](O)c1ccc(Br)cc1OC1CCCCCC1O. The smallest absolute Gasteiger partial charge is 0.126 e.